The van der Waals surface area contributed by atoms with Crippen LogP contribution in [-0.2, 0) is 16.8 Å². The summed E-state index contributed by atoms with van der Waals surface area (Å²) in [4.78, 5) is 11.5. The van der Waals surface area contributed by atoms with E-state index in [2.05, 4.69) is 4.72 Å². The first-order valence-corrected chi connectivity index (χ1v) is 8.44. The first-order valence-electron chi connectivity index (χ1n) is 7.00. The number of hydrogen-bond acceptors (Lipinski definition) is 3. The van der Waals surface area contributed by atoms with Gasteiger partial charge in [-0.15, -0.1) is 0 Å². The summed E-state index contributed by atoms with van der Waals surface area (Å²) in [7, 11) is -3.35. The Balaban J connectivity index is 1.78. The molecule has 20 heavy (non-hydrogen) atoms. The normalized spacial score (nSPS) is 17.2. The fourth-order valence-corrected chi connectivity index (χ4v) is 3.62. The van der Waals surface area contributed by atoms with E-state index in [4.69, 9.17) is 0 Å². The van der Waals surface area contributed by atoms with Gasteiger partial charge in [-0.1, -0.05) is 12.5 Å². The molecule has 1 aromatic rings. The molecule has 2 heterocycles. The lowest BCUT2D eigenvalue weighted by Gasteiger charge is -2.25. The molecule has 1 fully saturated rings. The van der Waals surface area contributed by atoms with Gasteiger partial charge >= 0.3 is 0 Å². The van der Waals surface area contributed by atoms with E-state index in [1.165, 1.54) is 10.4 Å². The van der Waals surface area contributed by atoms with Crippen molar-refractivity contribution in [3.63, 3.8) is 0 Å². The minimum atomic E-state index is -3.35. The Morgan fingerprint density at radius 3 is 2.60 bits per heavy atom. The first-order chi connectivity index (χ1) is 9.59. The number of piperidine rings is 1. The van der Waals surface area contributed by atoms with Crippen molar-refractivity contribution < 1.29 is 8.42 Å². The molecule has 1 aliphatic heterocycles. The predicted molar refractivity (Wildman–Crippen MR) is 77.7 cm³/mol. The summed E-state index contributed by atoms with van der Waals surface area (Å²) in [6.45, 7) is 2.07. The Hall–Kier alpha value is -1.18. The minimum Gasteiger partial charge on any atom is -0.315 e. The molecular weight excluding hydrogens is 278 g/mol. The molecule has 1 aromatic heterocycles. The number of rotatable bonds is 6. The van der Waals surface area contributed by atoms with E-state index in [1.807, 2.05) is 0 Å². The summed E-state index contributed by atoms with van der Waals surface area (Å²) in [5, 5.41) is 0. The van der Waals surface area contributed by atoms with Gasteiger partial charge < -0.3 is 4.57 Å². The maximum atomic E-state index is 12.0. The van der Waals surface area contributed by atoms with Gasteiger partial charge in [0.05, 0.1) is 0 Å². The Bertz CT molecular complexity index is 577. The maximum Gasteiger partial charge on any atom is 0.279 e. The van der Waals surface area contributed by atoms with Gasteiger partial charge in [0, 0.05) is 38.4 Å². The number of hydrogen-bond donors (Lipinski definition) is 1. The van der Waals surface area contributed by atoms with Crippen molar-refractivity contribution in [2.24, 2.45) is 0 Å². The Morgan fingerprint density at radius 1 is 1.15 bits per heavy atom. The van der Waals surface area contributed by atoms with Crippen LogP contribution in [0.2, 0.25) is 0 Å². The second kappa shape index (κ2) is 7.01. The van der Waals surface area contributed by atoms with Crippen LogP contribution in [0.25, 0.3) is 0 Å². The second-order valence-corrected chi connectivity index (χ2v) is 6.70. The number of nitrogens with zero attached hydrogens (tertiary/aromatic N) is 2. The van der Waals surface area contributed by atoms with Crippen molar-refractivity contribution in [2.75, 3.05) is 19.6 Å². The fraction of sp³-hybridized carbons (Fsp3) is 0.615. The van der Waals surface area contributed by atoms with E-state index >= 15 is 0 Å². The third-order valence-electron chi connectivity index (χ3n) is 3.41. The van der Waals surface area contributed by atoms with Gasteiger partial charge in [-0.25, -0.2) is 4.72 Å². The Morgan fingerprint density at radius 2 is 1.90 bits per heavy atom. The van der Waals surface area contributed by atoms with Crippen LogP contribution < -0.4 is 10.3 Å². The second-order valence-electron chi connectivity index (χ2n) is 4.94. The van der Waals surface area contributed by atoms with Gasteiger partial charge in [0.1, 0.15) is 0 Å². The van der Waals surface area contributed by atoms with E-state index in [1.54, 1.807) is 22.9 Å². The molecule has 0 spiro atoms. The van der Waals surface area contributed by atoms with Gasteiger partial charge in [0.15, 0.2) is 0 Å². The van der Waals surface area contributed by atoms with E-state index in [0.717, 1.165) is 19.3 Å². The number of nitrogens with one attached hydrogen (secondary N) is 1. The molecule has 0 unspecified atom stereocenters. The lowest BCUT2D eigenvalue weighted by atomic mass is 10.2. The van der Waals surface area contributed by atoms with Gasteiger partial charge in [-0.3, -0.25) is 4.79 Å². The van der Waals surface area contributed by atoms with Crippen molar-refractivity contribution in [2.45, 2.75) is 32.2 Å². The molecule has 0 radical (unpaired) electrons. The highest BCUT2D eigenvalue weighted by molar-refractivity contribution is 7.87. The molecule has 1 N–H and O–H groups in total. The summed E-state index contributed by atoms with van der Waals surface area (Å²) >= 11 is 0. The molecule has 1 aliphatic rings. The standard InChI is InChI=1S/C13H21N3O3S/c17-13-7-2-5-9-15(13)10-6-8-14-20(18,19)16-11-3-1-4-12-16/h2,5,7,9,14H,1,3-4,6,8,10-12H2. The lowest BCUT2D eigenvalue weighted by molar-refractivity contribution is 0.341. The predicted octanol–water partition coefficient (Wildman–Crippen LogP) is 0.559. The first kappa shape index (κ1) is 15.2. The van der Waals surface area contributed by atoms with Crippen molar-refractivity contribution >= 4 is 10.2 Å². The van der Waals surface area contributed by atoms with Crippen LogP contribution in [0.3, 0.4) is 0 Å². The molecule has 0 saturated carbocycles. The van der Waals surface area contributed by atoms with E-state index < -0.39 is 10.2 Å². The average Bonchev–Trinajstić information content (AvgIpc) is 2.46. The molecule has 0 aromatic carbocycles. The minimum absolute atomic E-state index is 0.0635. The van der Waals surface area contributed by atoms with Crippen LogP contribution in [0.5, 0.6) is 0 Å². The lowest BCUT2D eigenvalue weighted by Crippen LogP contribution is -2.43. The highest BCUT2D eigenvalue weighted by atomic mass is 32.2. The van der Waals surface area contributed by atoms with Crippen molar-refractivity contribution in [3.8, 4) is 0 Å². The largest absolute Gasteiger partial charge is 0.315 e. The number of pyridine rings is 1. The summed E-state index contributed by atoms with van der Waals surface area (Å²) < 4.78 is 29.7. The quantitative estimate of drug-likeness (QED) is 0.780. The monoisotopic (exact) mass is 299 g/mol. The highest BCUT2D eigenvalue weighted by Crippen LogP contribution is 2.11. The van der Waals surface area contributed by atoms with E-state index in [0.29, 0.717) is 32.6 Å². The zero-order valence-corrected chi connectivity index (χ0v) is 12.3. The van der Waals surface area contributed by atoms with Crippen LogP contribution in [0.4, 0.5) is 0 Å². The van der Waals surface area contributed by atoms with Crippen LogP contribution in [0, 0.1) is 0 Å². The van der Waals surface area contributed by atoms with Crippen LogP contribution >= 0.6 is 0 Å². The smallest absolute Gasteiger partial charge is 0.279 e. The number of aryl methyl sites for hydroxylation is 1. The van der Waals surface area contributed by atoms with Gasteiger partial charge in [-0.2, -0.15) is 12.7 Å². The molecular formula is C13H21N3O3S. The SMILES string of the molecule is O=c1ccccn1CCCNS(=O)(=O)N1CCCCC1. The van der Waals surface area contributed by atoms with Gasteiger partial charge in [-0.05, 0) is 25.3 Å². The Labute approximate surface area is 119 Å². The molecule has 6 nitrogen and oxygen atoms in total. The van der Waals surface area contributed by atoms with E-state index in [9.17, 15) is 13.2 Å². The van der Waals surface area contributed by atoms with Crippen LogP contribution in [-0.4, -0.2) is 36.9 Å². The molecule has 0 bridgehead atoms. The summed E-state index contributed by atoms with van der Waals surface area (Å²) in [6.07, 6.45) is 5.27. The average molecular weight is 299 g/mol. The summed E-state index contributed by atoms with van der Waals surface area (Å²) in [6, 6.07) is 4.98. The molecule has 1 saturated heterocycles. The van der Waals surface area contributed by atoms with Gasteiger partial charge in [0.25, 0.3) is 10.2 Å². The van der Waals surface area contributed by atoms with Crippen LogP contribution in [0.15, 0.2) is 29.2 Å². The molecule has 0 aliphatic carbocycles. The van der Waals surface area contributed by atoms with Crippen molar-refractivity contribution in [1.82, 2.24) is 13.6 Å². The molecule has 112 valence electrons. The fourth-order valence-electron chi connectivity index (χ4n) is 2.29. The molecule has 7 heteroatoms. The van der Waals surface area contributed by atoms with Crippen molar-refractivity contribution in [1.29, 1.82) is 0 Å². The third-order valence-corrected chi connectivity index (χ3v) is 5.03. The Kier molecular flexibility index (Phi) is 5.33. The number of aromatic nitrogens is 1. The molecule has 0 amide bonds. The molecule has 2 rings (SSSR count). The zero-order valence-electron chi connectivity index (χ0n) is 11.5. The van der Waals surface area contributed by atoms with Gasteiger partial charge in [0.2, 0.25) is 5.56 Å². The topological polar surface area (TPSA) is 71.4 Å². The zero-order chi connectivity index (χ0) is 14.4. The third kappa shape index (κ3) is 4.16. The maximum absolute atomic E-state index is 12.0. The highest BCUT2D eigenvalue weighted by Gasteiger charge is 2.22. The van der Waals surface area contributed by atoms with E-state index in [-0.39, 0.29) is 5.56 Å². The van der Waals surface area contributed by atoms with Crippen molar-refractivity contribution in [3.05, 3.63) is 34.7 Å². The summed E-state index contributed by atoms with van der Waals surface area (Å²) in [5.74, 6) is 0. The van der Waals surface area contributed by atoms with Crippen LogP contribution in [0.1, 0.15) is 25.7 Å². The molecule has 0 atom stereocenters. The summed E-state index contributed by atoms with van der Waals surface area (Å²) in [5.41, 5.74) is -0.0635.